The van der Waals surface area contributed by atoms with Crippen LogP contribution in [-0.2, 0) is 0 Å². The molecule has 2 aliphatic rings. The van der Waals surface area contributed by atoms with Crippen molar-refractivity contribution in [2.24, 2.45) is 0 Å². The first-order valence-electron chi connectivity index (χ1n) is 8.76. The minimum Gasteiger partial charge on any atom is -0.427 e. The van der Waals surface area contributed by atoms with Crippen molar-refractivity contribution in [2.45, 2.75) is 64.2 Å². The molecule has 1 fully saturated rings. The van der Waals surface area contributed by atoms with E-state index >= 15 is 0 Å². The molecular formula is C19H25NO3. The quantitative estimate of drug-likeness (QED) is 0.840. The Morgan fingerprint density at radius 3 is 2.74 bits per heavy atom. The third kappa shape index (κ3) is 3.74. The van der Waals surface area contributed by atoms with Crippen molar-refractivity contribution >= 4 is 5.91 Å². The van der Waals surface area contributed by atoms with E-state index in [0.29, 0.717) is 12.5 Å². The van der Waals surface area contributed by atoms with E-state index in [1.165, 1.54) is 24.8 Å². The number of carbonyl (C=O) groups is 1. The van der Waals surface area contributed by atoms with Gasteiger partial charge in [-0.1, -0.05) is 18.1 Å². The normalized spacial score (nSPS) is 18.2. The highest BCUT2D eigenvalue weighted by Crippen LogP contribution is 2.36. The van der Waals surface area contributed by atoms with Crippen LogP contribution in [0.25, 0.3) is 0 Å². The van der Waals surface area contributed by atoms with Crippen molar-refractivity contribution < 1.29 is 9.21 Å². The van der Waals surface area contributed by atoms with Crippen molar-refractivity contribution in [3.05, 3.63) is 45.0 Å². The van der Waals surface area contributed by atoms with Crippen LogP contribution in [-0.4, -0.2) is 12.5 Å². The molecule has 3 rings (SSSR count). The number of aryl methyl sites for hydroxylation is 1. The largest absolute Gasteiger partial charge is 0.427 e. The zero-order valence-corrected chi connectivity index (χ0v) is 13.8. The number of hydrogen-bond acceptors (Lipinski definition) is 3. The Balaban J connectivity index is 1.62. The van der Waals surface area contributed by atoms with E-state index in [1.807, 2.05) is 13.0 Å². The summed E-state index contributed by atoms with van der Waals surface area (Å²) in [6.45, 7) is 2.39. The van der Waals surface area contributed by atoms with Gasteiger partial charge in [-0.2, -0.15) is 0 Å². The van der Waals surface area contributed by atoms with Gasteiger partial charge in [0.05, 0.1) is 0 Å². The molecule has 0 bridgehead atoms. The van der Waals surface area contributed by atoms with Gasteiger partial charge in [0.2, 0.25) is 0 Å². The summed E-state index contributed by atoms with van der Waals surface area (Å²) in [5.41, 5.74) is 1.80. The van der Waals surface area contributed by atoms with E-state index in [9.17, 15) is 9.59 Å². The van der Waals surface area contributed by atoms with Crippen LogP contribution in [0.3, 0.4) is 0 Å². The molecule has 0 saturated heterocycles. The minimum atomic E-state index is -0.499. The summed E-state index contributed by atoms with van der Waals surface area (Å²) in [5.74, 6) is 0.784. The SMILES string of the molecule is Cc1cc(C2CCC2)oc(=O)c1C(=O)NCCC1=CCCCC1. The zero-order valence-electron chi connectivity index (χ0n) is 13.8. The molecule has 0 spiro atoms. The number of carbonyl (C=O) groups excluding carboxylic acids is 1. The van der Waals surface area contributed by atoms with Crippen molar-refractivity contribution in [1.29, 1.82) is 0 Å². The Bertz CT molecular complexity index is 668. The highest BCUT2D eigenvalue weighted by atomic mass is 16.4. The summed E-state index contributed by atoms with van der Waals surface area (Å²) in [4.78, 5) is 24.5. The third-order valence-electron chi connectivity index (χ3n) is 5.02. The van der Waals surface area contributed by atoms with Crippen molar-refractivity contribution in [2.75, 3.05) is 6.54 Å². The second kappa shape index (κ2) is 7.16. The molecule has 1 aromatic rings. The third-order valence-corrected chi connectivity index (χ3v) is 5.02. The van der Waals surface area contributed by atoms with Gasteiger partial charge in [0.1, 0.15) is 11.3 Å². The molecular weight excluding hydrogens is 290 g/mol. The summed E-state index contributed by atoms with van der Waals surface area (Å²) < 4.78 is 5.38. The molecule has 0 radical (unpaired) electrons. The van der Waals surface area contributed by atoms with Gasteiger partial charge in [0.25, 0.3) is 5.91 Å². The van der Waals surface area contributed by atoms with Gasteiger partial charge in [-0.05, 0) is 63.5 Å². The van der Waals surface area contributed by atoms with Gasteiger partial charge in [0.15, 0.2) is 0 Å². The van der Waals surface area contributed by atoms with E-state index < -0.39 is 5.63 Å². The Morgan fingerprint density at radius 2 is 2.13 bits per heavy atom. The second-order valence-electron chi connectivity index (χ2n) is 6.74. The molecule has 1 heterocycles. The lowest BCUT2D eigenvalue weighted by molar-refractivity contribution is 0.0948. The molecule has 0 unspecified atom stereocenters. The predicted molar refractivity (Wildman–Crippen MR) is 89.8 cm³/mol. The molecule has 4 nitrogen and oxygen atoms in total. The summed E-state index contributed by atoms with van der Waals surface area (Å²) in [6.07, 6.45) is 11.3. The average molecular weight is 315 g/mol. The van der Waals surface area contributed by atoms with E-state index in [0.717, 1.165) is 43.4 Å². The van der Waals surface area contributed by atoms with Crippen molar-refractivity contribution in [1.82, 2.24) is 5.32 Å². The summed E-state index contributed by atoms with van der Waals surface area (Å²) in [6, 6.07) is 1.86. The molecule has 2 aliphatic carbocycles. The van der Waals surface area contributed by atoms with E-state index in [1.54, 1.807) is 0 Å². The van der Waals surface area contributed by atoms with Crippen LogP contribution in [0, 0.1) is 6.92 Å². The minimum absolute atomic E-state index is 0.158. The molecule has 4 heteroatoms. The van der Waals surface area contributed by atoms with Crippen LogP contribution in [0.2, 0.25) is 0 Å². The summed E-state index contributed by atoms with van der Waals surface area (Å²) in [5, 5.41) is 2.86. The molecule has 124 valence electrons. The maximum absolute atomic E-state index is 12.3. The van der Waals surface area contributed by atoms with Crippen LogP contribution < -0.4 is 10.9 Å². The van der Waals surface area contributed by atoms with E-state index in [4.69, 9.17) is 4.42 Å². The summed E-state index contributed by atoms with van der Waals surface area (Å²) in [7, 11) is 0. The van der Waals surface area contributed by atoms with Gasteiger partial charge in [-0.3, -0.25) is 4.79 Å². The molecule has 0 aromatic carbocycles. The Kier molecular flexibility index (Phi) is 4.99. The highest BCUT2D eigenvalue weighted by Gasteiger charge is 2.25. The second-order valence-corrected chi connectivity index (χ2v) is 6.74. The van der Waals surface area contributed by atoms with Crippen LogP contribution in [0.5, 0.6) is 0 Å². The fourth-order valence-electron chi connectivity index (χ4n) is 3.36. The Hall–Kier alpha value is -1.84. The first-order valence-corrected chi connectivity index (χ1v) is 8.76. The maximum atomic E-state index is 12.3. The van der Waals surface area contributed by atoms with Gasteiger partial charge in [0, 0.05) is 12.5 Å². The number of amides is 1. The first-order chi connectivity index (χ1) is 11.1. The van der Waals surface area contributed by atoms with E-state index in [-0.39, 0.29) is 11.5 Å². The number of hydrogen-bond donors (Lipinski definition) is 1. The number of rotatable bonds is 5. The molecule has 0 aliphatic heterocycles. The fraction of sp³-hybridized carbons (Fsp3) is 0.579. The first kappa shape index (κ1) is 16.0. The van der Waals surface area contributed by atoms with Crippen molar-refractivity contribution in [3.63, 3.8) is 0 Å². The zero-order chi connectivity index (χ0) is 16.2. The molecule has 23 heavy (non-hydrogen) atoms. The lowest BCUT2D eigenvalue weighted by Gasteiger charge is -2.24. The average Bonchev–Trinajstić information content (AvgIpc) is 2.46. The molecule has 0 atom stereocenters. The lowest BCUT2D eigenvalue weighted by atomic mass is 9.83. The van der Waals surface area contributed by atoms with Crippen LogP contribution in [0.4, 0.5) is 0 Å². The monoisotopic (exact) mass is 315 g/mol. The van der Waals surface area contributed by atoms with Gasteiger partial charge in [-0.15, -0.1) is 0 Å². The van der Waals surface area contributed by atoms with Gasteiger partial charge in [-0.25, -0.2) is 4.79 Å². The molecule has 1 aromatic heterocycles. The van der Waals surface area contributed by atoms with Gasteiger partial charge < -0.3 is 9.73 Å². The maximum Gasteiger partial charge on any atom is 0.349 e. The number of allylic oxidation sites excluding steroid dienone is 1. The highest BCUT2D eigenvalue weighted by molar-refractivity contribution is 5.95. The van der Waals surface area contributed by atoms with Gasteiger partial charge >= 0.3 is 5.63 Å². The number of nitrogens with one attached hydrogen (secondary N) is 1. The standard InChI is InChI=1S/C19H25NO3/c1-13-12-16(15-8-5-9-15)23-19(22)17(13)18(21)20-11-10-14-6-3-2-4-7-14/h6,12,15H,2-5,7-11H2,1H3,(H,20,21). The Labute approximate surface area is 137 Å². The lowest BCUT2D eigenvalue weighted by Crippen LogP contribution is -2.31. The van der Waals surface area contributed by atoms with Crippen molar-refractivity contribution in [3.8, 4) is 0 Å². The summed E-state index contributed by atoms with van der Waals surface area (Å²) >= 11 is 0. The predicted octanol–water partition coefficient (Wildman–Crippen LogP) is 3.84. The molecule has 1 saturated carbocycles. The molecule has 1 N–H and O–H groups in total. The smallest absolute Gasteiger partial charge is 0.349 e. The van der Waals surface area contributed by atoms with Crippen LogP contribution in [0.15, 0.2) is 26.9 Å². The van der Waals surface area contributed by atoms with Crippen LogP contribution >= 0.6 is 0 Å². The Morgan fingerprint density at radius 1 is 1.30 bits per heavy atom. The topological polar surface area (TPSA) is 59.3 Å². The molecule has 1 amide bonds. The van der Waals surface area contributed by atoms with E-state index in [2.05, 4.69) is 11.4 Å². The fourth-order valence-corrected chi connectivity index (χ4v) is 3.36. The van der Waals surface area contributed by atoms with Crippen LogP contribution in [0.1, 0.15) is 79.0 Å².